The molecule has 92 valence electrons. The molecular weight excluding hydrogens is 240 g/mol. The van der Waals surface area contributed by atoms with Gasteiger partial charge < -0.3 is 0 Å². The van der Waals surface area contributed by atoms with Crippen LogP contribution in [0.1, 0.15) is 26.3 Å². The summed E-state index contributed by atoms with van der Waals surface area (Å²) in [4.78, 5) is 24.2. The molecule has 4 nitrogen and oxygen atoms in total. The quantitative estimate of drug-likeness (QED) is 0.623. The number of nitrogens with zero attached hydrogens (tertiary/aromatic N) is 2. The molecule has 0 radical (unpaired) electrons. The van der Waals surface area contributed by atoms with Crippen LogP contribution in [0, 0.1) is 0 Å². The van der Waals surface area contributed by atoms with Crippen LogP contribution >= 0.6 is 0 Å². The number of hydrogen-bond donors (Lipinski definition) is 0. The number of fused-ring (bicyclic) bond motifs is 3. The van der Waals surface area contributed by atoms with E-state index in [0.29, 0.717) is 22.3 Å². The molecule has 1 amide bonds. The minimum Gasteiger partial charge on any atom is -0.289 e. The molecule has 0 N–H and O–H groups in total. The van der Waals surface area contributed by atoms with Crippen molar-refractivity contribution < 1.29 is 9.59 Å². The van der Waals surface area contributed by atoms with Gasteiger partial charge in [0.15, 0.2) is 5.78 Å². The number of rotatable bonds is 1. The molecule has 0 aliphatic heterocycles. The van der Waals surface area contributed by atoms with E-state index in [2.05, 4.69) is 10.2 Å². The summed E-state index contributed by atoms with van der Waals surface area (Å²) in [6.45, 7) is 0. The van der Waals surface area contributed by atoms with Gasteiger partial charge in [-0.2, -0.15) is 5.11 Å². The van der Waals surface area contributed by atoms with E-state index in [-0.39, 0.29) is 5.78 Å². The second-order valence-electron chi connectivity index (χ2n) is 4.21. The van der Waals surface area contributed by atoms with E-state index in [1.807, 2.05) is 18.2 Å². The summed E-state index contributed by atoms with van der Waals surface area (Å²) in [7, 11) is 1.44. The molecular formula is C15H10N2O2. The van der Waals surface area contributed by atoms with Gasteiger partial charge in [0, 0.05) is 23.7 Å². The average Bonchev–Trinajstić information content (AvgIpc) is 2.73. The molecule has 0 saturated heterocycles. The molecule has 2 aromatic rings. The molecule has 0 heterocycles. The Kier molecular flexibility index (Phi) is 2.56. The number of hydrogen-bond acceptors (Lipinski definition) is 3. The zero-order valence-corrected chi connectivity index (χ0v) is 10.3. The topological polar surface area (TPSA) is 58.9 Å². The summed E-state index contributed by atoms with van der Waals surface area (Å²) < 4.78 is 0. The molecule has 3 rings (SSSR count). The van der Waals surface area contributed by atoms with Crippen LogP contribution in [0.25, 0.3) is 11.1 Å². The lowest BCUT2D eigenvalue weighted by atomic mass is 9.99. The van der Waals surface area contributed by atoms with Gasteiger partial charge in [0.25, 0.3) is 5.91 Å². The van der Waals surface area contributed by atoms with E-state index in [4.69, 9.17) is 0 Å². The lowest BCUT2D eigenvalue weighted by molar-refractivity contribution is 0.0994. The van der Waals surface area contributed by atoms with E-state index in [9.17, 15) is 9.59 Å². The van der Waals surface area contributed by atoms with Gasteiger partial charge in [-0.25, -0.2) is 0 Å². The fourth-order valence-corrected chi connectivity index (χ4v) is 2.40. The third-order valence-electron chi connectivity index (χ3n) is 3.17. The summed E-state index contributed by atoms with van der Waals surface area (Å²) in [5, 5.41) is 7.05. The van der Waals surface area contributed by atoms with Crippen LogP contribution in [-0.4, -0.2) is 18.7 Å². The second kappa shape index (κ2) is 4.24. The maximum absolute atomic E-state index is 12.3. The molecule has 2 aromatic carbocycles. The SMILES string of the molecule is CN=NC(=O)c1cccc2c1-c1ccccc1C2=O. The predicted molar refractivity (Wildman–Crippen MR) is 70.4 cm³/mol. The Morgan fingerprint density at radius 2 is 1.63 bits per heavy atom. The van der Waals surface area contributed by atoms with E-state index in [1.165, 1.54) is 7.05 Å². The van der Waals surface area contributed by atoms with Gasteiger partial charge >= 0.3 is 0 Å². The van der Waals surface area contributed by atoms with Crippen molar-refractivity contribution in [3.8, 4) is 11.1 Å². The van der Waals surface area contributed by atoms with E-state index >= 15 is 0 Å². The monoisotopic (exact) mass is 250 g/mol. The van der Waals surface area contributed by atoms with Crippen LogP contribution in [0.4, 0.5) is 0 Å². The summed E-state index contributed by atoms with van der Waals surface area (Å²) in [6, 6.07) is 12.4. The van der Waals surface area contributed by atoms with Gasteiger partial charge in [0.05, 0.1) is 5.56 Å². The van der Waals surface area contributed by atoms with Gasteiger partial charge in [-0.05, 0) is 11.6 Å². The van der Waals surface area contributed by atoms with Crippen LogP contribution in [-0.2, 0) is 0 Å². The number of carbonyl (C=O) groups excluding carboxylic acids is 2. The zero-order chi connectivity index (χ0) is 13.4. The van der Waals surface area contributed by atoms with Crippen molar-refractivity contribution in [1.82, 2.24) is 0 Å². The fourth-order valence-electron chi connectivity index (χ4n) is 2.40. The summed E-state index contributed by atoms with van der Waals surface area (Å²) in [5.74, 6) is -0.474. The molecule has 1 aliphatic rings. The number of benzene rings is 2. The molecule has 0 fully saturated rings. The van der Waals surface area contributed by atoms with Crippen molar-refractivity contribution >= 4 is 11.7 Å². The van der Waals surface area contributed by atoms with Crippen molar-refractivity contribution in [2.24, 2.45) is 10.2 Å². The molecule has 0 saturated carbocycles. The second-order valence-corrected chi connectivity index (χ2v) is 4.21. The molecule has 0 aromatic heterocycles. The molecule has 0 bridgehead atoms. The van der Waals surface area contributed by atoms with Gasteiger partial charge in [-0.1, -0.05) is 36.4 Å². The van der Waals surface area contributed by atoms with Crippen LogP contribution < -0.4 is 0 Å². The largest absolute Gasteiger partial charge is 0.295 e. The Bertz CT molecular complexity index is 733. The first-order valence-corrected chi connectivity index (χ1v) is 5.85. The third-order valence-corrected chi connectivity index (χ3v) is 3.17. The summed E-state index contributed by atoms with van der Waals surface area (Å²) >= 11 is 0. The van der Waals surface area contributed by atoms with Crippen molar-refractivity contribution in [2.75, 3.05) is 7.05 Å². The Balaban J connectivity index is 2.31. The first-order chi connectivity index (χ1) is 9.24. The van der Waals surface area contributed by atoms with Crippen molar-refractivity contribution in [1.29, 1.82) is 0 Å². The standard InChI is InChI=1S/C15H10N2O2/c1-16-17-15(19)12-8-4-7-11-13(12)9-5-2-3-6-10(9)14(11)18/h2-8H,1H3. The number of ketones is 1. The average molecular weight is 250 g/mol. The minimum atomic E-state index is -0.427. The molecule has 0 atom stereocenters. The predicted octanol–water partition coefficient (Wildman–Crippen LogP) is 3.12. The van der Waals surface area contributed by atoms with Crippen LogP contribution in [0.15, 0.2) is 52.7 Å². The Morgan fingerprint density at radius 1 is 0.947 bits per heavy atom. The normalized spacial score (nSPS) is 12.6. The van der Waals surface area contributed by atoms with Crippen LogP contribution in [0.3, 0.4) is 0 Å². The maximum atomic E-state index is 12.3. The molecule has 0 spiro atoms. The highest BCUT2D eigenvalue weighted by atomic mass is 16.1. The van der Waals surface area contributed by atoms with Crippen LogP contribution in [0.2, 0.25) is 0 Å². The van der Waals surface area contributed by atoms with Gasteiger partial charge in [0.2, 0.25) is 0 Å². The lowest BCUT2D eigenvalue weighted by Gasteiger charge is -2.04. The molecule has 0 unspecified atom stereocenters. The van der Waals surface area contributed by atoms with Crippen LogP contribution in [0.5, 0.6) is 0 Å². The minimum absolute atomic E-state index is 0.0475. The third kappa shape index (κ3) is 1.61. The van der Waals surface area contributed by atoms with Gasteiger partial charge in [-0.3, -0.25) is 9.59 Å². The van der Waals surface area contributed by atoms with Crippen molar-refractivity contribution in [3.63, 3.8) is 0 Å². The molecule has 19 heavy (non-hydrogen) atoms. The Labute approximate surface area is 109 Å². The number of amides is 1. The van der Waals surface area contributed by atoms with Crippen molar-refractivity contribution in [2.45, 2.75) is 0 Å². The highest BCUT2D eigenvalue weighted by molar-refractivity contribution is 6.24. The highest BCUT2D eigenvalue weighted by Crippen LogP contribution is 2.38. The summed E-state index contributed by atoms with van der Waals surface area (Å²) in [5.41, 5.74) is 3.06. The Morgan fingerprint density at radius 3 is 2.37 bits per heavy atom. The Hall–Kier alpha value is -2.62. The lowest BCUT2D eigenvalue weighted by Crippen LogP contribution is -1.99. The van der Waals surface area contributed by atoms with E-state index in [1.54, 1.807) is 24.3 Å². The van der Waals surface area contributed by atoms with E-state index < -0.39 is 5.91 Å². The smallest absolute Gasteiger partial charge is 0.289 e. The van der Waals surface area contributed by atoms with Crippen molar-refractivity contribution in [3.05, 3.63) is 59.2 Å². The van der Waals surface area contributed by atoms with E-state index in [0.717, 1.165) is 5.56 Å². The first kappa shape index (κ1) is 11.5. The zero-order valence-electron chi connectivity index (χ0n) is 10.3. The highest BCUT2D eigenvalue weighted by Gasteiger charge is 2.29. The number of azo groups is 1. The molecule has 1 aliphatic carbocycles. The van der Waals surface area contributed by atoms with Gasteiger partial charge in [-0.15, -0.1) is 5.11 Å². The fraction of sp³-hybridized carbons (Fsp3) is 0.0667. The summed E-state index contributed by atoms with van der Waals surface area (Å²) in [6.07, 6.45) is 0. The van der Waals surface area contributed by atoms with Gasteiger partial charge in [0.1, 0.15) is 0 Å². The maximum Gasteiger partial charge on any atom is 0.295 e. The number of carbonyl (C=O) groups is 2. The first-order valence-electron chi connectivity index (χ1n) is 5.85. The molecule has 4 heteroatoms.